The molecule has 62 valence electrons. The van der Waals surface area contributed by atoms with Crippen LogP contribution in [0.3, 0.4) is 0 Å². The molecule has 0 aliphatic carbocycles. The van der Waals surface area contributed by atoms with Crippen LogP contribution in [0.2, 0.25) is 0 Å². The molecule has 0 radical (unpaired) electrons. The van der Waals surface area contributed by atoms with Crippen molar-refractivity contribution >= 4 is 45.6 Å². The van der Waals surface area contributed by atoms with Crippen molar-refractivity contribution in [1.82, 2.24) is 10.6 Å². The second-order valence-electron chi connectivity index (χ2n) is 2.11. The zero-order chi connectivity index (χ0) is 8.27. The molecular weight excluding hydrogens is 198 g/mol. The van der Waals surface area contributed by atoms with Crippen molar-refractivity contribution in [1.29, 1.82) is 0 Å². The topological polar surface area (TPSA) is 50.1 Å². The largest absolute Gasteiger partial charge is 0.385 e. The quantitative estimate of drug-likeness (QED) is 0.533. The van der Waals surface area contributed by atoms with Crippen LogP contribution in [0.15, 0.2) is 0 Å². The average molecular weight is 207 g/mol. The summed E-state index contributed by atoms with van der Waals surface area (Å²) in [6.07, 6.45) is 0.988. The highest BCUT2D eigenvalue weighted by molar-refractivity contribution is 8.23. The van der Waals surface area contributed by atoms with Crippen molar-refractivity contribution in [3.8, 4) is 0 Å². The molecule has 0 aromatic carbocycles. The standard InChI is InChI=1S/C5H9N3S3/c6-4(9)11-3-1-2-7-5(10)8-3/h3H,1-2H2,(H2,6,9)(H2,7,8,10). The lowest BCUT2D eigenvalue weighted by molar-refractivity contribution is 0.645. The molecule has 1 atom stereocenters. The van der Waals surface area contributed by atoms with Gasteiger partial charge in [0.15, 0.2) is 5.11 Å². The van der Waals surface area contributed by atoms with E-state index in [9.17, 15) is 0 Å². The van der Waals surface area contributed by atoms with E-state index in [0.29, 0.717) is 9.43 Å². The first-order valence-corrected chi connectivity index (χ1v) is 4.88. The third-order valence-corrected chi connectivity index (χ3v) is 2.66. The Labute approximate surface area is 80.5 Å². The summed E-state index contributed by atoms with van der Waals surface area (Å²) in [5.41, 5.74) is 5.36. The molecule has 1 aliphatic rings. The lowest BCUT2D eigenvalue weighted by atomic mass is 10.4. The van der Waals surface area contributed by atoms with Gasteiger partial charge < -0.3 is 16.4 Å². The maximum Gasteiger partial charge on any atom is 0.167 e. The molecule has 0 amide bonds. The second-order valence-corrected chi connectivity index (χ2v) is 4.47. The third-order valence-electron chi connectivity index (χ3n) is 1.24. The highest BCUT2D eigenvalue weighted by atomic mass is 32.2. The molecule has 0 spiro atoms. The molecular formula is C5H9N3S3. The highest BCUT2D eigenvalue weighted by Gasteiger charge is 2.15. The Morgan fingerprint density at radius 1 is 1.73 bits per heavy atom. The van der Waals surface area contributed by atoms with Gasteiger partial charge in [-0.25, -0.2) is 0 Å². The molecule has 1 aliphatic heterocycles. The van der Waals surface area contributed by atoms with Gasteiger partial charge in [-0.15, -0.1) is 0 Å². The first-order chi connectivity index (χ1) is 5.18. The molecule has 1 fully saturated rings. The van der Waals surface area contributed by atoms with Crippen LogP contribution in [0.25, 0.3) is 0 Å². The Morgan fingerprint density at radius 2 is 2.45 bits per heavy atom. The van der Waals surface area contributed by atoms with E-state index >= 15 is 0 Å². The van der Waals surface area contributed by atoms with Gasteiger partial charge in [0.1, 0.15) is 4.32 Å². The fraction of sp³-hybridized carbons (Fsp3) is 0.600. The van der Waals surface area contributed by atoms with Gasteiger partial charge in [0.05, 0.1) is 5.37 Å². The summed E-state index contributed by atoms with van der Waals surface area (Å²) in [6, 6.07) is 0. The summed E-state index contributed by atoms with van der Waals surface area (Å²) in [5, 5.41) is 7.01. The molecule has 1 unspecified atom stereocenters. The lowest BCUT2D eigenvalue weighted by Crippen LogP contribution is -2.48. The highest BCUT2D eigenvalue weighted by Crippen LogP contribution is 2.13. The van der Waals surface area contributed by atoms with E-state index in [-0.39, 0.29) is 5.37 Å². The molecule has 11 heavy (non-hydrogen) atoms. The molecule has 6 heteroatoms. The number of nitrogens with one attached hydrogen (secondary N) is 2. The monoisotopic (exact) mass is 207 g/mol. The summed E-state index contributed by atoms with van der Waals surface area (Å²) >= 11 is 11.1. The van der Waals surface area contributed by atoms with Crippen molar-refractivity contribution in [2.75, 3.05) is 6.54 Å². The van der Waals surface area contributed by atoms with Crippen molar-refractivity contribution in [3.05, 3.63) is 0 Å². The Hall–Kier alpha value is -0.0700. The van der Waals surface area contributed by atoms with Crippen molar-refractivity contribution < 1.29 is 0 Å². The van der Waals surface area contributed by atoms with Gasteiger partial charge in [-0.1, -0.05) is 24.0 Å². The predicted octanol–water partition coefficient (Wildman–Crippen LogP) is 0.157. The van der Waals surface area contributed by atoms with Crippen LogP contribution in [-0.4, -0.2) is 21.4 Å². The summed E-state index contributed by atoms with van der Waals surface area (Å²) in [6.45, 7) is 0.895. The first-order valence-electron chi connectivity index (χ1n) is 3.19. The van der Waals surface area contributed by atoms with Crippen molar-refractivity contribution in [3.63, 3.8) is 0 Å². The van der Waals surface area contributed by atoms with Crippen LogP contribution in [-0.2, 0) is 0 Å². The Kier molecular flexibility index (Phi) is 3.35. The van der Waals surface area contributed by atoms with Crippen molar-refractivity contribution in [2.24, 2.45) is 5.73 Å². The van der Waals surface area contributed by atoms with E-state index in [1.54, 1.807) is 0 Å². The number of thiocarbonyl (C=S) groups is 2. The van der Waals surface area contributed by atoms with Gasteiger partial charge in [0.25, 0.3) is 0 Å². The minimum absolute atomic E-state index is 0.251. The van der Waals surface area contributed by atoms with Gasteiger partial charge in [-0.05, 0) is 18.6 Å². The van der Waals surface area contributed by atoms with Crippen LogP contribution in [0.4, 0.5) is 0 Å². The van der Waals surface area contributed by atoms with Crippen molar-refractivity contribution in [2.45, 2.75) is 11.8 Å². The van der Waals surface area contributed by atoms with Gasteiger partial charge in [-0.2, -0.15) is 0 Å². The summed E-state index contributed by atoms with van der Waals surface area (Å²) in [7, 11) is 0. The Balaban J connectivity index is 2.34. The number of nitrogens with two attached hydrogens (primary N) is 1. The molecule has 0 bridgehead atoms. The molecule has 0 aromatic rings. The van der Waals surface area contributed by atoms with E-state index in [4.69, 9.17) is 30.2 Å². The molecule has 0 aromatic heterocycles. The number of rotatable bonds is 1. The molecule has 1 heterocycles. The average Bonchev–Trinajstić information content (AvgIpc) is 1.85. The maximum absolute atomic E-state index is 5.36. The Bertz CT molecular complexity index is 180. The number of hydrogen-bond donors (Lipinski definition) is 3. The summed E-state index contributed by atoms with van der Waals surface area (Å²) < 4.78 is 0.465. The minimum atomic E-state index is 0.251. The van der Waals surface area contributed by atoms with Gasteiger partial charge in [0, 0.05) is 6.54 Å². The van der Waals surface area contributed by atoms with E-state index in [2.05, 4.69) is 10.6 Å². The van der Waals surface area contributed by atoms with Crippen LogP contribution in [0.5, 0.6) is 0 Å². The van der Waals surface area contributed by atoms with Crippen LogP contribution in [0, 0.1) is 0 Å². The molecule has 0 saturated carbocycles. The third kappa shape index (κ3) is 3.22. The van der Waals surface area contributed by atoms with Gasteiger partial charge >= 0.3 is 0 Å². The lowest BCUT2D eigenvalue weighted by Gasteiger charge is -2.24. The smallest absolute Gasteiger partial charge is 0.167 e. The first kappa shape index (κ1) is 9.02. The summed E-state index contributed by atoms with van der Waals surface area (Å²) in [4.78, 5) is 0. The van der Waals surface area contributed by atoms with Crippen LogP contribution in [0.1, 0.15) is 6.42 Å². The SMILES string of the molecule is NC(=S)SC1CCNC(=S)N1. The fourth-order valence-corrected chi connectivity index (χ4v) is 2.18. The Morgan fingerprint density at radius 3 is 3.00 bits per heavy atom. The summed E-state index contributed by atoms with van der Waals surface area (Å²) in [5.74, 6) is 0. The van der Waals surface area contributed by atoms with Gasteiger partial charge in [0.2, 0.25) is 0 Å². The molecule has 1 rings (SSSR count). The minimum Gasteiger partial charge on any atom is -0.385 e. The van der Waals surface area contributed by atoms with E-state index in [1.165, 1.54) is 11.8 Å². The normalized spacial score (nSPS) is 23.6. The zero-order valence-electron chi connectivity index (χ0n) is 5.79. The molecule has 3 nitrogen and oxygen atoms in total. The number of thioether (sulfide) groups is 1. The molecule has 4 N–H and O–H groups in total. The van der Waals surface area contributed by atoms with E-state index in [0.717, 1.165) is 13.0 Å². The number of hydrogen-bond acceptors (Lipinski definition) is 3. The molecule has 1 saturated heterocycles. The maximum atomic E-state index is 5.36. The van der Waals surface area contributed by atoms with E-state index < -0.39 is 0 Å². The second kappa shape index (κ2) is 4.08. The van der Waals surface area contributed by atoms with Crippen LogP contribution < -0.4 is 16.4 Å². The fourth-order valence-electron chi connectivity index (χ4n) is 0.815. The van der Waals surface area contributed by atoms with Gasteiger partial charge in [-0.3, -0.25) is 0 Å². The predicted molar refractivity (Wildman–Crippen MR) is 56.5 cm³/mol. The van der Waals surface area contributed by atoms with E-state index in [1.807, 2.05) is 0 Å². The van der Waals surface area contributed by atoms with Crippen LogP contribution >= 0.6 is 36.2 Å². The zero-order valence-corrected chi connectivity index (χ0v) is 8.24.